The molecule has 1 aromatic heterocycles. The van der Waals surface area contributed by atoms with Crippen LogP contribution >= 0.6 is 11.6 Å². The van der Waals surface area contributed by atoms with E-state index in [-0.39, 0.29) is 34.7 Å². The van der Waals surface area contributed by atoms with Crippen molar-refractivity contribution in [2.45, 2.75) is 6.54 Å². The van der Waals surface area contributed by atoms with Crippen LogP contribution < -0.4 is 16.8 Å². The Kier molecular flexibility index (Phi) is 3.66. The molecule has 0 amide bonds. The van der Waals surface area contributed by atoms with Crippen LogP contribution in [0.5, 0.6) is 0 Å². The van der Waals surface area contributed by atoms with Gasteiger partial charge in [-0.05, 0) is 18.2 Å². The molecule has 1 aromatic carbocycles. The average molecular weight is 286 g/mol. The van der Waals surface area contributed by atoms with Crippen LogP contribution in [0.3, 0.4) is 0 Å². The molecule has 0 spiro atoms. The fraction of sp³-hybridized carbons (Fsp3) is 0.0909. The fourth-order valence-corrected chi connectivity index (χ4v) is 1.63. The molecule has 5 N–H and O–H groups in total. The maximum absolute atomic E-state index is 13.4. The molecule has 5 nitrogen and oxygen atoms in total. The lowest BCUT2D eigenvalue weighted by molar-refractivity contribution is 0.587. The number of nitrogens with two attached hydrogens (primary N) is 2. The summed E-state index contributed by atoms with van der Waals surface area (Å²) >= 11 is 5.73. The van der Waals surface area contributed by atoms with Crippen molar-refractivity contribution < 1.29 is 8.78 Å². The van der Waals surface area contributed by atoms with Crippen molar-refractivity contribution in [3.05, 3.63) is 40.6 Å². The van der Waals surface area contributed by atoms with Crippen LogP contribution in [-0.2, 0) is 6.54 Å². The van der Waals surface area contributed by atoms with E-state index in [1.54, 1.807) is 0 Å². The van der Waals surface area contributed by atoms with Gasteiger partial charge in [0, 0.05) is 12.1 Å². The number of anilines is 3. The van der Waals surface area contributed by atoms with Gasteiger partial charge in [0.15, 0.2) is 11.0 Å². The topological polar surface area (TPSA) is 89.8 Å². The molecule has 0 unspecified atom stereocenters. The smallest absolute Gasteiger partial charge is 0.223 e. The highest BCUT2D eigenvalue weighted by atomic mass is 35.5. The molecule has 0 aliphatic carbocycles. The minimum Gasteiger partial charge on any atom is -0.393 e. The summed E-state index contributed by atoms with van der Waals surface area (Å²) in [5, 5.41) is 2.73. The lowest BCUT2D eigenvalue weighted by Gasteiger charge is -2.10. The molecule has 0 fully saturated rings. The third-order valence-electron chi connectivity index (χ3n) is 2.37. The predicted molar refractivity (Wildman–Crippen MR) is 69.6 cm³/mol. The molecule has 0 atom stereocenters. The first kappa shape index (κ1) is 13.3. The van der Waals surface area contributed by atoms with E-state index < -0.39 is 11.6 Å². The molecule has 0 bridgehead atoms. The Morgan fingerprint density at radius 3 is 2.68 bits per heavy atom. The zero-order valence-corrected chi connectivity index (χ0v) is 10.4. The lowest BCUT2D eigenvalue weighted by atomic mass is 10.2. The van der Waals surface area contributed by atoms with Crippen LogP contribution in [0.4, 0.5) is 26.2 Å². The van der Waals surface area contributed by atoms with Gasteiger partial charge in [0.25, 0.3) is 0 Å². The van der Waals surface area contributed by atoms with Gasteiger partial charge in [0.2, 0.25) is 5.95 Å². The van der Waals surface area contributed by atoms with Gasteiger partial charge in [0.05, 0.1) is 0 Å². The average Bonchev–Trinajstić information content (AvgIpc) is 2.35. The monoisotopic (exact) mass is 285 g/mol. The summed E-state index contributed by atoms with van der Waals surface area (Å²) in [4.78, 5) is 7.48. The molecular weight excluding hydrogens is 276 g/mol. The highest BCUT2D eigenvalue weighted by Crippen LogP contribution is 2.25. The number of halogens is 3. The normalized spacial score (nSPS) is 10.5. The van der Waals surface area contributed by atoms with E-state index in [1.807, 2.05) is 0 Å². The van der Waals surface area contributed by atoms with Crippen molar-refractivity contribution in [2.75, 3.05) is 16.8 Å². The molecule has 0 aliphatic rings. The fourth-order valence-electron chi connectivity index (χ4n) is 1.45. The van der Waals surface area contributed by atoms with Crippen LogP contribution in [0.15, 0.2) is 18.2 Å². The summed E-state index contributed by atoms with van der Waals surface area (Å²) < 4.78 is 26.4. The molecule has 0 saturated carbocycles. The summed E-state index contributed by atoms with van der Waals surface area (Å²) in [6.45, 7) is -0.0133. The molecule has 2 aromatic rings. The van der Waals surface area contributed by atoms with Gasteiger partial charge >= 0.3 is 0 Å². The minimum atomic E-state index is -0.541. The number of benzene rings is 1. The van der Waals surface area contributed by atoms with Gasteiger partial charge in [-0.3, -0.25) is 0 Å². The first-order valence-corrected chi connectivity index (χ1v) is 5.61. The van der Waals surface area contributed by atoms with E-state index in [0.29, 0.717) is 0 Å². The van der Waals surface area contributed by atoms with Gasteiger partial charge in [-0.1, -0.05) is 11.6 Å². The number of nitrogens with one attached hydrogen (secondary N) is 1. The Morgan fingerprint density at radius 1 is 1.21 bits per heavy atom. The molecule has 0 aliphatic heterocycles. The highest BCUT2D eigenvalue weighted by molar-refractivity contribution is 6.32. The van der Waals surface area contributed by atoms with Gasteiger partial charge in [-0.25, -0.2) is 8.78 Å². The molecular formula is C11H10ClF2N5. The minimum absolute atomic E-state index is 0.00489. The van der Waals surface area contributed by atoms with E-state index in [2.05, 4.69) is 15.3 Å². The van der Waals surface area contributed by atoms with E-state index in [4.69, 9.17) is 23.1 Å². The lowest BCUT2D eigenvalue weighted by Crippen LogP contribution is -2.09. The van der Waals surface area contributed by atoms with Gasteiger partial charge in [-0.2, -0.15) is 9.97 Å². The second-order valence-electron chi connectivity index (χ2n) is 3.72. The molecule has 1 heterocycles. The second-order valence-corrected chi connectivity index (χ2v) is 4.08. The highest BCUT2D eigenvalue weighted by Gasteiger charge is 2.10. The van der Waals surface area contributed by atoms with Crippen LogP contribution in [0, 0.1) is 11.6 Å². The Morgan fingerprint density at radius 2 is 1.95 bits per heavy atom. The summed E-state index contributed by atoms with van der Waals surface area (Å²) in [6.07, 6.45) is 0. The number of rotatable bonds is 3. The zero-order chi connectivity index (χ0) is 14.0. The zero-order valence-electron chi connectivity index (χ0n) is 9.62. The first-order valence-electron chi connectivity index (χ1n) is 5.23. The van der Waals surface area contributed by atoms with Gasteiger partial charge in [0.1, 0.15) is 17.3 Å². The second kappa shape index (κ2) is 5.23. The summed E-state index contributed by atoms with van der Waals surface area (Å²) in [5.41, 5.74) is 11.3. The number of hydrogen-bond acceptors (Lipinski definition) is 5. The SMILES string of the molecule is Nc1nc(Cl)c(N)c(NCc2cc(F)ccc2F)n1. The van der Waals surface area contributed by atoms with Crippen LogP contribution in [0.25, 0.3) is 0 Å². The molecule has 2 rings (SSSR count). The van der Waals surface area contributed by atoms with Crippen LogP contribution in [-0.4, -0.2) is 9.97 Å². The molecule has 100 valence electrons. The van der Waals surface area contributed by atoms with Crippen molar-refractivity contribution in [1.29, 1.82) is 0 Å². The Bertz CT molecular complexity index is 620. The maximum atomic E-state index is 13.4. The van der Waals surface area contributed by atoms with Crippen molar-refractivity contribution in [3.8, 4) is 0 Å². The van der Waals surface area contributed by atoms with E-state index in [1.165, 1.54) is 0 Å². The predicted octanol–water partition coefficient (Wildman–Crippen LogP) is 2.18. The van der Waals surface area contributed by atoms with Crippen molar-refractivity contribution in [2.24, 2.45) is 0 Å². The molecule has 0 saturated heterocycles. The van der Waals surface area contributed by atoms with E-state index in [0.717, 1.165) is 18.2 Å². The number of hydrogen-bond donors (Lipinski definition) is 3. The standard InChI is InChI=1S/C11H10ClF2N5/c12-9-8(15)10(19-11(16)18-9)17-4-5-3-6(13)1-2-7(5)14/h1-3H,4,15H2,(H3,16,17,18,19). The summed E-state index contributed by atoms with van der Waals surface area (Å²) in [6, 6.07) is 3.15. The summed E-state index contributed by atoms with van der Waals surface area (Å²) in [7, 11) is 0. The Labute approximate surface area is 112 Å². The van der Waals surface area contributed by atoms with Crippen molar-refractivity contribution in [1.82, 2.24) is 9.97 Å². The first-order chi connectivity index (χ1) is 8.97. The third-order valence-corrected chi connectivity index (χ3v) is 2.66. The quantitative estimate of drug-likeness (QED) is 0.752. The van der Waals surface area contributed by atoms with Crippen LogP contribution in [0.1, 0.15) is 5.56 Å². The van der Waals surface area contributed by atoms with Gasteiger partial charge < -0.3 is 16.8 Å². The van der Waals surface area contributed by atoms with Crippen molar-refractivity contribution >= 4 is 29.1 Å². The van der Waals surface area contributed by atoms with E-state index >= 15 is 0 Å². The summed E-state index contributed by atoms with van der Waals surface area (Å²) in [5.74, 6) is -0.977. The van der Waals surface area contributed by atoms with Crippen molar-refractivity contribution in [3.63, 3.8) is 0 Å². The molecule has 8 heteroatoms. The Hall–Kier alpha value is -2.15. The number of nitrogens with zero attached hydrogens (tertiary/aromatic N) is 2. The van der Waals surface area contributed by atoms with Gasteiger partial charge in [-0.15, -0.1) is 0 Å². The maximum Gasteiger partial charge on any atom is 0.223 e. The largest absolute Gasteiger partial charge is 0.393 e. The molecule has 0 radical (unpaired) electrons. The number of aromatic nitrogens is 2. The van der Waals surface area contributed by atoms with Crippen LogP contribution in [0.2, 0.25) is 5.15 Å². The third kappa shape index (κ3) is 3.00. The molecule has 19 heavy (non-hydrogen) atoms. The Balaban J connectivity index is 2.21. The van der Waals surface area contributed by atoms with E-state index in [9.17, 15) is 8.78 Å². The number of nitrogen functional groups attached to an aromatic ring is 2.